The lowest BCUT2D eigenvalue weighted by Gasteiger charge is -2.34. The van der Waals surface area contributed by atoms with Crippen molar-refractivity contribution >= 4 is 0 Å². The molecule has 1 aliphatic carbocycles. The second kappa shape index (κ2) is 13.6. The molecule has 0 saturated carbocycles. The van der Waals surface area contributed by atoms with Gasteiger partial charge in [0.1, 0.15) is 0 Å². The summed E-state index contributed by atoms with van der Waals surface area (Å²) in [5, 5.41) is 0. The van der Waals surface area contributed by atoms with E-state index >= 15 is 0 Å². The zero-order valence-corrected chi connectivity index (χ0v) is 30.0. The monoisotopic (exact) mass is 701 g/mol. The van der Waals surface area contributed by atoms with E-state index < -0.39 is 5.41 Å². The van der Waals surface area contributed by atoms with Gasteiger partial charge in [-0.3, -0.25) is 4.98 Å². The molecule has 2 aromatic heterocycles. The normalized spacial score (nSPS) is 12.5. The minimum atomic E-state index is -0.575. The fourth-order valence-electron chi connectivity index (χ4n) is 8.32. The van der Waals surface area contributed by atoms with Crippen LogP contribution in [0.3, 0.4) is 0 Å². The number of aromatic nitrogens is 3. The van der Waals surface area contributed by atoms with Gasteiger partial charge in [0.15, 0.2) is 5.82 Å². The van der Waals surface area contributed by atoms with E-state index in [1.807, 2.05) is 30.6 Å². The molecule has 55 heavy (non-hydrogen) atoms. The van der Waals surface area contributed by atoms with Crippen molar-refractivity contribution in [1.82, 2.24) is 15.0 Å². The van der Waals surface area contributed by atoms with Gasteiger partial charge in [0, 0.05) is 29.1 Å². The maximum atomic E-state index is 5.28. The first kappa shape index (κ1) is 32.4. The molecule has 0 radical (unpaired) electrons. The van der Waals surface area contributed by atoms with E-state index in [2.05, 4.69) is 187 Å². The molecule has 0 unspecified atom stereocenters. The van der Waals surface area contributed by atoms with Crippen molar-refractivity contribution in [2.75, 3.05) is 0 Å². The van der Waals surface area contributed by atoms with Gasteiger partial charge in [-0.1, -0.05) is 164 Å². The summed E-state index contributed by atoms with van der Waals surface area (Å²) in [6.45, 7) is 0. The van der Waals surface area contributed by atoms with E-state index in [1.54, 1.807) is 0 Å². The fourth-order valence-corrected chi connectivity index (χ4v) is 8.32. The largest absolute Gasteiger partial charge is 0.265 e. The molecular formula is C52H35N3. The number of benzene rings is 7. The summed E-state index contributed by atoms with van der Waals surface area (Å²) in [5.41, 5.74) is 16.3. The average molecular weight is 702 g/mol. The van der Waals surface area contributed by atoms with Crippen molar-refractivity contribution in [3.05, 3.63) is 235 Å². The number of pyridine rings is 1. The van der Waals surface area contributed by atoms with E-state index in [0.717, 1.165) is 44.8 Å². The molecule has 2 heterocycles. The van der Waals surface area contributed by atoms with Gasteiger partial charge >= 0.3 is 0 Å². The third-order valence-corrected chi connectivity index (χ3v) is 10.9. The SMILES string of the molecule is c1ccc(-c2cccc(-c3cc(-c4ccc5c(c4)C(c4ccccc4)(c4ccccc4)c4cc(-c6ccncc6)ccc4-5)nc(-c4ccccc4)n3)c2)cc1. The lowest BCUT2D eigenvalue weighted by molar-refractivity contribution is 0.769. The van der Waals surface area contributed by atoms with Crippen LogP contribution >= 0.6 is 0 Å². The van der Waals surface area contributed by atoms with E-state index in [9.17, 15) is 0 Å². The Hall–Kier alpha value is -7.23. The predicted octanol–water partition coefficient (Wildman–Crippen LogP) is 12.6. The molecule has 10 rings (SSSR count). The maximum absolute atomic E-state index is 5.28. The summed E-state index contributed by atoms with van der Waals surface area (Å²) in [7, 11) is 0. The van der Waals surface area contributed by atoms with E-state index in [1.165, 1.54) is 38.9 Å². The van der Waals surface area contributed by atoms with Crippen LogP contribution in [0.25, 0.3) is 67.3 Å². The molecule has 1 aliphatic rings. The zero-order chi connectivity index (χ0) is 36.6. The number of nitrogens with zero attached hydrogens (tertiary/aromatic N) is 3. The van der Waals surface area contributed by atoms with Crippen LogP contribution in [0.1, 0.15) is 22.3 Å². The Labute approximate surface area is 321 Å². The van der Waals surface area contributed by atoms with Crippen molar-refractivity contribution < 1.29 is 0 Å². The van der Waals surface area contributed by atoms with Crippen LogP contribution in [-0.2, 0) is 5.41 Å². The van der Waals surface area contributed by atoms with E-state index in [4.69, 9.17) is 9.97 Å². The molecule has 7 aromatic carbocycles. The maximum Gasteiger partial charge on any atom is 0.160 e. The molecule has 3 nitrogen and oxygen atoms in total. The molecule has 0 aliphatic heterocycles. The molecule has 0 amide bonds. The molecule has 0 bridgehead atoms. The summed E-state index contributed by atoms with van der Waals surface area (Å²) in [4.78, 5) is 14.8. The molecule has 0 saturated heterocycles. The third kappa shape index (κ3) is 5.65. The predicted molar refractivity (Wildman–Crippen MR) is 224 cm³/mol. The van der Waals surface area contributed by atoms with Crippen LogP contribution in [0, 0.1) is 0 Å². The van der Waals surface area contributed by atoms with Gasteiger partial charge in [-0.15, -0.1) is 0 Å². The average Bonchev–Trinajstić information content (AvgIpc) is 3.57. The van der Waals surface area contributed by atoms with Crippen molar-refractivity contribution in [1.29, 1.82) is 0 Å². The van der Waals surface area contributed by atoms with Crippen LogP contribution in [0.5, 0.6) is 0 Å². The topological polar surface area (TPSA) is 38.7 Å². The Bertz CT molecular complexity index is 2740. The highest BCUT2D eigenvalue weighted by Crippen LogP contribution is 2.57. The zero-order valence-electron chi connectivity index (χ0n) is 30.0. The molecule has 3 heteroatoms. The van der Waals surface area contributed by atoms with Crippen molar-refractivity contribution in [2.45, 2.75) is 5.41 Å². The minimum Gasteiger partial charge on any atom is -0.265 e. The number of hydrogen-bond donors (Lipinski definition) is 0. The van der Waals surface area contributed by atoms with Gasteiger partial charge in [-0.2, -0.15) is 0 Å². The Kier molecular flexibility index (Phi) is 8.04. The first-order chi connectivity index (χ1) is 27.3. The summed E-state index contributed by atoms with van der Waals surface area (Å²) in [6, 6.07) is 71.5. The Balaban J connectivity index is 1.21. The highest BCUT2D eigenvalue weighted by Gasteiger charge is 2.46. The lowest BCUT2D eigenvalue weighted by atomic mass is 9.67. The molecule has 9 aromatic rings. The lowest BCUT2D eigenvalue weighted by Crippen LogP contribution is -2.28. The van der Waals surface area contributed by atoms with Crippen LogP contribution in [0.2, 0.25) is 0 Å². The van der Waals surface area contributed by atoms with Gasteiger partial charge < -0.3 is 0 Å². The summed E-state index contributed by atoms with van der Waals surface area (Å²) >= 11 is 0. The minimum absolute atomic E-state index is 0.575. The Morgan fingerprint density at radius 2 is 0.745 bits per heavy atom. The van der Waals surface area contributed by atoms with Crippen LogP contribution < -0.4 is 0 Å². The first-order valence-electron chi connectivity index (χ1n) is 18.7. The molecule has 0 N–H and O–H groups in total. The van der Waals surface area contributed by atoms with Crippen LogP contribution in [0.15, 0.2) is 213 Å². The standard InChI is InChI=1S/C52H35N3/c1-5-14-36(15-6-1)39-18-13-19-41(32-39)49-35-50(55-51(54-49)38-16-7-2-8-17-38)42-25-27-46-45-26-24-40(37-28-30-53-31-29-37)33-47(45)52(48(46)34-42,43-20-9-3-10-21-43)44-22-11-4-12-23-44/h1-35H. The van der Waals surface area contributed by atoms with Gasteiger partial charge in [0.2, 0.25) is 0 Å². The van der Waals surface area contributed by atoms with E-state index in [0.29, 0.717) is 5.82 Å². The Morgan fingerprint density at radius 3 is 1.35 bits per heavy atom. The van der Waals surface area contributed by atoms with Gasteiger partial charge in [0.05, 0.1) is 16.8 Å². The summed E-state index contributed by atoms with van der Waals surface area (Å²) in [5.74, 6) is 0.696. The van der Waals surface area contributed by atoms with E-state index in [-0.39, 0.29) is 0 Å². The number of hydrogen-bond acceptors (Lipinski definition) is 3. The molecule has 0 atom stereocenters. The molecule has 258 valence electrons. The molecular weight excluding hydrogens is 667 g/mol. The summed E-state index contributed by atoms with van der Waals surface area (Å²) in [6.07, 6.45) is 3.73. The van der Waals surface area contributed by atoms with Gasteiger partial charge in [0.25, 0.3) is 0 Å². The highest BCUT2D eigenvalue weighted by atomic mass is 14.9. The molecule has 0 fully saturated rings. The van der Waals surface area contributed by atoms with Crippen molar-refractivity contribution in [2.24, 2.45) is 0 Å². The van der Waals surface area contributed by atoms with Crippen molar-refractivity contribution in [3.8, 4) is 67.3 Å². The highest BCUT2D eigenvalue weighted by molar-refractivity contribution is 5.90. The third-order valence-electron chi connectivity index (χ3n) is 10.9. The number of fused-ring (bicyclic) bond motifs is 3. The quantitative estimate of drug-likeness (QED) is 0.166. The molecule has 0 spiro atoms. The smallest absolute Gasteiger partial charge is 0.160 e. The van der Waals surface area contributed by atoms with Crippen LogP contribution in [0.4, 0.5) is 0 Å². The Morgan fingerprint density at radius 1 is 0.309 bits per heavy atom. The second-order valence-electron chi connectivity index (χ2n) is 14.0. The number of rotatable bonds is 7. The van der Waals surface area contributed by atoms with Gasteiger partial charge in [-0.25, -0.2) is 9.97 Å². The fraction of sp³-hybridized carbons (Fsp3) is 0.0192. The van der Waals surface area contributed by atoms with Gasteiger partial charge in [-0.05, 0) is 92.0 Å². The van der Waals surface area contributed by atoms with Crippen LogP contribution in [-0.4, -0.2) is 15.0 Å². The second-order valence-corrected chi connectivity index (χ2v) is 14.0. The summed E-state index contributed by atoms with van der Waals surface area (Å²) < 4.78 is 0. The van der Waals surface area contributed by atoms with Crippen molar-refractivity contribution in [3.63, 3.8) is 0 Å². The first-order valence-corrected chi connectivity index (χ1v) is 18.7.